The van der Waals surface area contributed by atoms with Crippen LogP contribution in [0.15, 0.2) is 0 Å². The van der Waals surface area contributed by atoms with Gasteiger partial charge in [-0.05, 0) is 25.2 Å². The third-order valence-electron chi connectivity index (χ3n) is 4.58. The summed E-state index contributed by atoms with van der Waals surface area (Å²) < 4.78 is 0. The van der Waals surface area contributed by atoms with Gasteiger partial charge in [0.05, 0.1) is 0 Å². The van der Waals surface area contributed by atoms with Crippen LogP contribution in [0, 0.1) is 5.92 Å². The smallest absolute Gasteiger partial charge is 0.317 e. The molecule has 0 unspecified atom stereocenters. The number of carbonyl (C=O) groups is 1. The average molecular weight is 237 g/mol. The average Bonchev–Trinajstić information content (AvgIpc) is 2.99. The summed E-state index contributed by atoms with van der Waals surface area (Å²) in [7, 11) is 0. The molecule has 0 aromatic rings. The lowest BCUT2D eigenvalue weighted by Crippen LogP contribution is -2.51. The molecule has 0 aromatic heterocycles. The summed E-state index contributed by atoms with van der Waals surface area (Å²) in [4.78, 5) is 14.1. The van der Waals surface area contributed by atoms with E-state index in [4.69, 9.17) is 0 Å². The first kappa shape index (κ1) is 11.3. The Morgan fingerprint density at radius 1 is 1.29 bits per heavy atom. The molecule has 2 aliphatic heterocycles. The van der Waals surface area contributed by atoms with Crippen molar-refractivity contribution in [2.75, 3.05) is 19.6 Å². The second-order valence-electron chi connectivity index (χ2n) is 5.84. The van der Waals surface area contributed by atoms with Crippen LogP contribution in [-0.2, 0) is 0 Å². The van der Waals surface area contributed by atoms with Crippen molar-refractivity contribution in [1.82, 2.24) is 15.5 Å². The van der Waals surface area contributed by atoms with Crippen molar-refractivity contribution in [2.45, 2.75) is 50.6 Å². The minimum absolute atomic E-state index is 0.171. The number of hydrogen-bond acceptors (Lipinski definition) is 2. The summed E-state index contributed by atoms with van der Waals surface area (Å²) in [5.41, 5.74) is 0. The van der Waals surface area contributed by atoms with Crippen molar-refractivity contribution in [3.05, 3.63) is 0 Å². The van der Waals surface area contributed by atoms with E-state index in [-0.39, 0.29) is 6.03 Å². The van der Waals surface area contributed by atoms with Crippen molar-refractivity contribution < 1.29 is 4.79 Å². The molecule has 17 heavy (non-hydrogen) atoms. The Bertz CT molecular complexity index is 288. The van der Waals surface area contributed by atoms with E-state index in [0.717, 1.165) is 32.0 Å². The van der Waals surface area contributed by atoms with Crippen LogP contribution in [0.5, 0.6) is 0 Å². The van der Waals surface area contributed by atoms with Gasteiger partial charge in [-0.25, -0.2) is 4.79 Å². The van der Waals surface area contributed by atoms with E-state index in [9.17, 15) is 4.79 Å². The maximum absolute atomic E-state index is 12.1. The molecule has 2 atom stereocenters. The fourth-order valence-electron chi connectivity index (χ4n) is 3.53. The van der Waals surface area contributed by atoms with Crippen LogP contribution in [0.4, 0.5) is 4.79 Å². The van der Waals surface area contributed by atoms with E-state index in [1.807, 2.05) is 4.90 Å². The molecule has 2 bridgehead atoms. The summed E-state index contributed by atoms with van der Waals surface area (Å²) in [5, 5.41) is 6.56. The van der Waals surface area contributed by atoms with Gasteiger partial charge in [-0.1, -0.05) is 19.3 Å². The molecule has 0 spiro atoms. The highest BCUT2D eigenvalue weighted by atomic mass is 16.2. The number of urea groups is 1. The molecule has 2 saturated heterocycles. The number of carbonyl (C=O) groups excluding carboxylic acids is 1. The van der Waals surface area contributed by atoms with Gasteiger partial charge >= 0.3 is 6.03 Å². The summed E-state index contributed by atoms with van der Waals surface area (Å²) in [5.74, 6) is 0.727. The number of nitrogens with zero attached hydrogens (tertiary/aromatic N) is 1. The molecule has 3 fully saturated rings. The van der Waals surface area contributed by atoms with Gasteiger partial charge in [0.25, 0.3) is 0 Å². The second-order valence-corrected chi connectivity index (χ2v) is 5.84. The van der Waals surface area contributed by atoms with Gasteiger partial charge in [-0.3, -0.25) is 0 Å². The Hall–Kier alpha value is -0.770. The van der Waals surface area contributed by atoms with Crippen LogP contribution < -0.4 is 10.6 Å². The number of amides is 2. The predicted molar refractivity (Wildman–Crippen MR) is 66.9 cm³/mol. The van der Waals surface area contributed by atoms with E-state index in [2.05, 4.69) is 10.6 Å². The van der Waals surface area contributed by atoms with Gasteiger partial charge in [-0.15, -0.1) is 0 Å². The highest BCUT2D eigenvalue weighted by Crippen LogP contribution is 2.24. The van der Waals surface area contributed by atoms with Crippen molar-refractivity contribution >= 4 is 6.03 Å². The van der Waals surface area contributed by atoms with Crippen LogP contribution in [0.3, 0.4) is 0 Å². The Morgan fingerprint density at radius 3 is 2.76 bits per heavy atom. The third-order valence-corrected chi connectivity index (χ3v) is 4.58. The first-order chi connectivity index (χ1) is 8.33. The number of fused-ring (bicyclic) bond motifs is 2. The molecule has 0 radical (unpaired) electrons. The van der Waals surface area contributed by atoms with Gasteiger partial charge in [-0.2, -0.15) is 0 Å². The van der Waals surface area contributed by atoms with Crippen molar-refractivity contribution in [3.8, 4) is 0 Å². The van der Waals surface area contributed by atoms with Crippen LogP contribution in [0.25, 0.3) is 0 Å². The number of nitrogens with one attached hydrogen (secondary N) is 2. The number of hydrogen-bond donors (Lipinski definition) is 2. The predicted octanol–water partition coefficient (Wildman–Crippen LogP) is 1.32. The third kappa shape index (κ3) is 2.41. The van der Waals surface area contributed by atoms with Gasteiger partial charge in [0.1, 0.15) is 0 Å². The summed E-state index contributed by atoms with van der Waals surface area (Å²) in [6, 6.07) is 1.18. The lowest BCUT2D eigenvalue weighted by molar-refractivity contribution is 0.181. The maximum atomic E-state index is 12.1. The quantitative estimate of drug-likeness (QED) is 0.761. The fourth-order valence-corrected chi connectivity index (χ4v) is 3.53. The number of likely N-dealkylation sites (tertiary alicyclic amines) is 1. The SMILES string of the molecule is O=C(NCC1CCCCC1)N1C[C@@H]2C[C@H]1CN2. The van der Waals surface area contributed by atoms with Crippen LogP contribution in [0.2, 0.25) is 0 Å². The van der Waals surface area contributed by atoms with Gasteiger partial charge < -0.3 is 15.5 Å². The maximum Gasteiger partial charge on any atom is 0.317 e. The van der Waals surface area contributed by atoms with Gasteiger partial charge in [0.15, 0.2) is 0 Å². The summed E-state index contributed by atoms with van der Waals surface area (Å²) >= 11 is 0. The topological polar surface area (TPSA) is 44.4 Å². The molecular formula is C13H23N3O. The fraction of sp³-hybridized carbons (Fsp3) is 0.923. The lowest BCUT2D eigenvalue weighted by atomic mass is 9.89. The van der Waals surface area contributed by atoms with E-state index >= 15 is 0 Å². The van der Waals surface area contributed by atoms with E-state index in [0.29, 0.717) is 12.1 Å². The first-order valence-corrected chi connectivity index (χ1v) is 7.11. The zero-order valence-electron chi connectivity index (χ0n) is 10.5. The Balaban J connectivity index is 1.44. The molecule has 4 nitrogen and oxygen atoms in total. The zero-order chi connectivity index (χ0) is 11.7. The normalized spacial score (nSPS) is 33.1. The van der Waals surface area contributed by atoms with E-state index in [1.54, 1.807) is 0 Å². The zero-order valence-corrected chi connectivity index (χ0v) is 10.5. The second kappa shape index (κ2) is 4.84. The van der Waals surface area contributed by atoms with Crippen LogP contribution >= 0.6 is 0 Å². The van der Waals surface area contributed by atoms with Crippen molar-refractivity contribution in [1.29, 1.82) is 0 Å². The highest BCUT2D eigenvalue weighted by Gasteiger charge is 2.40. The molecule has 96 valence electrons. The molecule has 0 aromatic carbocycles. The standard InChI is InChI=1S/C13H23N3O/c17-13(15-7-10-4-2-1-3-5-10)16-9-11-6-12(16)8-14-11/h10-12,14H,1-9H2,(H,15,17)/t11-,12-/m0/s1. The monoisotopic (exact) mass is 237 g/mol. The minimum Gasteiger partial charge on any atom is -0.338 e. The Kier molecular flexibility index (Phi) is 3.23. The van der Waals surface area contributed by atoms with Gasteiger partial charge in [0, 0.05) is 31.7 Å². The van der Waals surface area contributed by atoms with Crippen molar-refractivity contribution in [2.24, 2.45) is 5.92 Å². The first-order valence-electron chi connectivity index (χ1n) is 7.11. The van der Waals surface area contributed by atoms with E-state index in [1.165, 1.54) is 32.1 Å². The number of rotatable bonds is 2. The molecule has 3 aliphatic rings. The summed E-state index contributed by atoms with van der Waals surface area (Å²) in [6.07, 6.45) is 7.82. The Morgan fingerprint density at radius 2 is 2.12 bits per heavy atom. The molecule has 4 heteroatoms. The molecule has 2 amide bonds. The lowest BCUT2D eigenvalue weighted by Gasteiger charge is -2.29. The Labute approximate surface area is 103 Å². The van der Waals surface area contributed by atoms with Gasteiger partial charge in [0.2, 0.25) is 0 Å². The highest BCUT2D eigenvalue weighted by molar-refractivity contribution is 5.75. The van der Waals surface area contributed by atoms with Crippen LogP contribution in [-0.4, -0.2) is 42.6 Å². The number of piperazine rings is 1. The summed E-state index contributed by atoms with van der Waals surface area (Å²) in [6.45, 7) is 2.78. The van der Waals surface area contributed by atoms with Crippen molar-refractivity contribution in [3.63, 3.8) is 0 Å². The molecular weight excluding hydrogens is 214 g/mol. The minimum atomic E-state index is 0.171. The molecule has 2 heterocycles. The molecule has 3 rings (SSSR count). The molecule has 1 aliphatic carbocycles. The van der Waals surface area contributed by atoms with Crippen LogP contribution in [0.1, 0.15) is 38.5 Å². The van der Waals surface area contributed by atoms with E-state index < -0.39 is 0 Å². The molecule has 2 N–H and O–H groups in total. The largest absolute Gasteiger partial charge is 0.338 e. The molecule has 1 saturated carbocycles.